The number of nitrogen functional groups attached to an aromatic ring is 1. The Kier molecular flexibility index (Phi) is 3.12. The Balaban J connectivity index is 2.12. The van der Waals surface area contributed by atoms with Gasteiger partial charge in [-0.3, -0.25) is 0 Å². The highest BCUT2D eigenvalue weighted by Crippen LogP contribution is 2.32. The number of aromatic nitrogens is 4. The van der Waals surface area contributed by atoms with Crippen LogP contribution >= 0.6 is 22.9 Å². The van der Waals surface area contributed by atoms with Crippen LogP contribution in [0.2, 0.25) is 5.02 Å². The van der Waals surface area contributed by atoms with E-state index in [1.807, 2.05) is 6.07 Å². The third kappa shape index (κ3) is 2.17. The van der Waals surface area contributed by atoms with Crippen molar-refractivity contribution in [2.45, 2.75) is 19.8 Å². The van der Waals surface area contributed by atoms with Gasteiger partial charge in [0.15, 0.2) is 5.82 Å². The molecule has 0 radical (unpaired) electrons. The van der Waals surface area contributed by atoms with Crippen LogP contribution in [0.3, 0.4) is 0 Å². The van der Waals surface area contributed by atoms with Crippen molar-refractivity contribution in [2.24, 2.45) is 0 Å². The molecule has 3 rings (SSSR count). The van der Waals surface area contributed by atoms with E-state index in [2.05, 4.69) is 22.2 Å². The first-order valence-electron chi connectivity index (χ1n) is 5.95. The minimum Gasteiger partial charge on any atom is -0.399 e. The van der Waals surface area contributed by atoms with Gasteiger partial charge in [0.25, 0.3) is 0 Å². The van der Waals surface area contributed by atoms with E-state index in [1.165, 1.54) is 11.3 Å². The summed E-state index contributed by atoms with van der Waals surface area (Å²) in [7, 11) is 0. The van der Waals surface area contributed by atoms with Crippen LogP contribution in [0.15, 0.2) is 18.2 Å². The van der Waals surface area contributed by atoms with Crippen LogP contribution in [-0.2, 0) is 6.42 Å². The molecule has 0 spiro atoms. The van der Waals surface area contributed by atoms with E-state index >= 15 is 0 Å². The van der Waals surface area contributed by atoms with Crippen molar-refractivity contribution in [2.75, 3.05) is 5.73 Å². The number of benzene rings is 1. The zero-order valence-corrected chi connectivity index (χ0v) is 11.9. The molecule has 2 aromatic heterocycles. The largest absolute Gasteiger partial charge is 0.399 e. The molecule has 2 heterocycles. The van der Waals surface area contributed by atoms with Crippen LogP contribution in [0.1, 0.15) is 19.2 Å². The van der Waals surface area contributed by atoms with Gasteiger partial charge in [0.05, 0.1) is 5.02 Å². The highest BCUT2D eigenvalue weighted by molar-refractivity contribution is 7.19. The van der Waals surface area contributed by atoms with Crippen molar-refractivity contribution < 1.29 is 0 Å². The third-order valence-corrected chi connectivity index (χ3v) is 4.01. The van der Waals surface area contributed by atoms with Crippen molar-refractivity contribution in [3.63, 3.8) is 0 Å². The third-order valence-electron chi connectivity index (χ3n) is 2.75. The van der Waals surface area contributed by atoms with Crippen molar-refractivity contribution in [3.05, 3.63) is 29.0 Å². The lowest BCUT2D eigenvalue weighted by molar-refractivity contribution is 0.778. The molecule has 5 nitrogen and oxygen atoms in total. The van der Waals surface area contributed by atoms with Crippen LogP contribution in [0.4, 0.5) is 5.69 Å². The van der Waals surface area contributed by atoms with Gasteiger partial charge < -0.3 is 5.73 Å². The number of nitrogens with two attached hydrogens (primary N) is 1. The molecule has 0 saturated carbocycles. The maximum absolute atomic E-state index is 6.19. The molecule has 0 amide bonds. The lowest BCUT2D eigenvalue weighted by atomic mass is 10.2. The second-order valence-electron chi connectivity index (χ2n) is 4.21. The summed E-state index contributed by atoms with van der Waals surface area (Å²) in [5.74, 6) is 0.875. The molecule has 0 aliphatic carbocycles. The monoisotopic (exact) mass is 293 g/mol. The second kappa shape index (κ2) is 4.79. The molecule has 0 saturated heterocycles. The Labute approximate surface area is 119 Å². The smallest absolute Gasteiger partial charge is 0.234 e. The van der Waals surface area contributed by atoms with Crippen molar-refractivity contribution in [1.82, 2.24) is 19.8 Å². The summed E-state index contributed by atoms with van der Waals surface area (Å²) >= 11 is 7.65. The topological polar surface area (TPSA) is 69.1 Å². The van der Waals surface area contributed by atoms with Gasteiger partial charge in [-0.05, 0) is 24.6 Å². The minimum absolute atomic E-state index is 0.635. The van der Waals surface area contributed by atoms with Crippen LogP contribution in [0.5, 0.6) is 0 Å². The molecular weight excluding hydrogens is 282 g/mol. The predicted octanol–water partition coefficient (Wildman–Crippen LogP) is 3.04. The number of anilines is 1. The maximum atomic E-state index is 6.19. The second-order valence-corrected chi connectivity index (χ2v) is 5.57. The van der Waals surface area contributed by atoms with E-state index in [-0.39, 0.29) is 0 Å². The SMILES string of the molecule is CCCc1nnc2sc(-c3cc(N)ccc3Cl)nn12. The first-order chi connectivity index (χ1) is 9.19. The first-order valence-corrected chi connectivity index (χ1v) is 7.15. The molecule has 2 N–H and O–H groups in total. The lowest BCUT2D eigenvalue weighted by Crippen LogP contribution is -1.95. The summed E-state index contributed by atoms with van der Waals surface area (Å²) in [5.41, 5.74) is 7.29. The van der Waals surface area contributed by atoms with Gasteiger partial charge in [-0.15, -0.1) is 10.2 Å². The molecule has 0 bridgehead atoms. The van der Waals surface area contributed by atoms with Crippen LogP contribution in [0, 0.1) is 0 Å². The number of halogens is 1. The van der Waals surface area contributed by atoms with Gasteiger partial charge in [-0.1, -0.05) is 29.9 Å². The molecule has 0 aliphatic rings. The highest BCUT2D eigenvalue weighted by atomic mass is 35.5. The highest BCUT2D eigenvalue weighted by Gasteiger charge is 2.14. The summed E-state index contributed by atoms with van der Waals surface area (Å²) in [6, 6.07) is 5.38. The number of hydrogen-bond acceptors (Lipinski definition) is 5. The summed E-state index contributed by atoms with van der Waals surface area (Å²) in [6.07, 6.45) is 1.86. The van der Waals surface area contributed by atoms with Crippen LogP contribution in [-0.4, -0.2) is 19.8 Å². The molecule has 0 aliphatic heterocycles. The summed E-state index contributed by atoms with van der Waals surface area (Å²) in [4.78, 5) is 0.775. The maximum Gasteiger partial charge on any atom is 0.234 e. The van der Waals surface area contributed by atoms with E-state index in [9.17, 15) is 0 Å². The number of hydrogen-bond donors (Lipinski definition) is 1. The Morgan fingerprint density at radius 1 is 1.37 bits per heavy atom. The van der Waals surface area contributed by atoms with Crippen molar-refractivity contribution in [1.29, 1.82) is 0 Å². The lowest BCUT2D eigenvalue weighted by Gasteiger charge is -2.00. The van der Waals surface area contributed by atoms with Gasteiger partial charge in [0, 0.05) is 17.7 Å². The quantitative estimate of drug-likeness (QED) is 0.754. The zero-order valence-electron chi connectivity index (χ0n) is 10.3. The standard InChI is InChI=1S/C12H12ClN5S/c1-2-3-10-15-16-12-18(10)17-11(19-12)8-6-7(14)4-5-9(8)13/h4-6H,2-3,14H2,1H3. The fraction of sp³-hybridized carbons (Fsp3) is 0.250. The first kappa shape index (κ1) is 12.4. The number of fused-ring (bicyclic) bond motifs is 1. The fourth-order valence-corrected chi connectivity index (χ4v) is 3.00. The van der Waals surface area contributed by atoms with E-state index in [0.29, 0.717) is 10.7 Å². The van der Waals surface area contributed by atoms with E-state index in [1.54, 1.807) is 16.6 Å². The summed E-state index contributed by atoms with van der Waals surface area (Å²) in [6.45, 7) is 2.10. The van der Waals surface area contributed by atoms with E-state index in [0.717, 1.165) is 34.2 Å². The van der Waals surface area contributed by atoms with Crippen molar-refractivity contribution in [3.8, 4) is 10.6 Å². The van der Waals surface area contributed by atoms with Gasteiger partial charge in [0.2, 0.25) is 4.96 Å². The Hall–Kier alpha value is -1.66. The molecule has 19 heavy (non-hydrogen) atoms. The average Bonchev–Trinajstić information content (AvgIpc) is 2.95. The number of rotatable bonds is 3. The molecule has 1 aromatic carbocycles. The van der Waals surface area contributed by atoms with Crippen molar-refractivity contribution >= 4 is 33.6 Å². The van der Waals surface area contributed by atoms with Gasteiger partial charge >= 0.3 is 0 Å². The molecule has 3 aromatic rings. The molecule has 0 atom stereocenters. The van der Waals surface area contributed by atoms with E-state index < -0.39 is 0 Å². The average molecular weight is 294 g/mol. The Morgan fingerprint density at radius 3 is 3.00 bits per heavy atom. The zero-order chi connectivity index (χ0) is 13.4. The number of nitrogens with zero attached hydrogens (tertiary/aromatic N) is 4. The molecule has 0 unspecified atom stereocenters. The summed E-state index contributed by atoms with van der Waals surface area (Å²) < 4.78 is 1.78. The summed E-state index contributed by atoms with van der Waals surface area (Å²) in [5, 5.41) is 14.2. The molecule has 98 valence electrons. The van der Waals surface area contributed by atoms with Crippen LogP contribution in [0.25, 0.3) is 15.5 Å². The predicted molar refractivity (Wildman–Crippen MR) is 77.5 cm³/mol. The molecular formula is C12H12ClN5S. The fourth-order valence-electron chi connectivity index (χ4n) is 1.85. The Morgan fingerprint density at radius 2 is 2.21 bits per heavy atom. The van der Waals surface area contributed by atoms with Gasteiger partial charge in [-0.25, -0.2) is 0 Å². The number of aryl methyl sites for hydroxylation is 1. The molecule has 0 fully saturated rings. The van der Waals surface area contributed by atoms with Gasteiger partial charge in [0.1, 0.15) is 5.01 Å². The Bertz CT molecular complexity index is 733. The van der Waals surface area contributed by atoms with E-state index in [4.69, 9.17) is 17.3 Å². The molecule has 7 heteroatoms. The van der Waals surface area contributed by atoms with Crippen LogP contribution < -0.4 is 5.73 Å². The normalized spacial score (nSPS) is 11.3. The van der Waals surface area contributed by atoms with Gasteiger partial charge in [-0.2, -0.15) is 9.61 Å². The minimum atomic E-state index is 0.635.